The fourth-order valence-electron chi connectivity index (χ4n) is 3.13. The van der Waals surface area contributed by atoms with Crippen LogP contribution < -0.4 is 0 Å². The van der Waals surface area contributed by atoms with Gasteiger partial charge in [-0.2, -0.15) is 4.98 Å². The van der Waals surface area contributed by atoms with Crippen molar-refractivity contribution in [2.75, 3.05) is 13.1 Å². The number of amides is 1. The molecule has 1 unspecified atom stereocenters. The van der Waals surface area contributed by atoms with Gasteiger partial charge < -0.3 is 9.42 Å². The Bertz CT molecular complexity index is 868. The van der Waals surface area contributed by atoms with Crippen LogP contribution in [0.5, 0.6) is 0 Å². The van der Waals surface area contributed by atoms with Gasteiger partial charge in [-0.15, -0.1) is 0 Å². The van der Waals surface area contributed by atoms with E-state index in [4.69, 9.17) is 4.52 Å². The van der Waals surface area contributed by atoms with Crippen molar-refractivity contribution in [1.29, 1.82) is 0 Å². The van der Waals surface area contributed by atoms with Crippen molar-refractivity contribution in [3.05, 3.63) is 54.6 Å². The first-order valence-electron chi connectivity index (χ1n) is 8.58. The summed E-state index contributed by atoms with van der Waals surface area (Å²) in [5.41, 5.74) is 1.26. The third kappa shape index (κ3) is 3.58. The Labute approximate surface area is 150 Å². The van der Waals surface area contributed by atoms with Gasteiger partial charge in [0.1, 0.15) is 12.0 Å². The minimum absolute atomic E-state index is 0.0340. The highest BCUT2D eigenvalue weighted by molar-refractivity contribution is 5.92. The van der Waals surface area contributed by atoms with Crippen LogP contribution >= 0.6 is 0 Å². The summed E-state index contributed by atoms with van der Waals surface area (Å²) in [5, 5.41) is 4.04. The first kappa shape index (κ1) is 16.3. The average Bonchev–Trinajstić information content (AvgIpc) is 3.37. The molecule has 132 valence electrons. The first-order valence-corrected chi connectivity index (χ1v) is 8.58. The maximum absolute atomic E-state index is 12.4. The highest BCUT2D eigenvalue weighted by Gasteiger charge is 2.27. The molecule has 26 heavy (non-hydrogen) atoms. The second kappa shape index (κ2) is 7.38. The molecule has 0 bridgehead atoms. The molecule has 8 nitrogen and oxygen atoms in total. The molecule has 1 saturated heterocycles. The molecule has 4 heterocycles. The number of carbonyl (C=O) groups excluding carboxylic acids is 1. The van der Waals surface area contributed by atoms with Gasteiger partial charge in [-0.05, 0) is 37.0 Å². The van der Waals surface area contributed by atoms with Gasteiger partial charge in [0.15, 0.2) is 5.82 Å². The van der Waals surface area contributed by atoms with E-state index in [0.29, 0.717) is 23.3 Å². The van der Waals surface area contributed by atoms with Crippen molar-refractivity contribution >= 4 is 5.91 Å². The Balaban J connectivity index is 1.31. The van der Waals surface area contributed by atoms with Crippen LogP contribution in [-0.4, -0.2) is 49.0 Å². The summed E-state index contributed by atoms with van der Waals surface area (Å²) in [4.78, 5) is 30.6. The van der Waals surface area contributed by atoms with Crippen molar-refractivity contribution in [2.45, 2.75) is 19.3 Å². The highest BCUT2D eigenvalue weighted by Crippen LogP contribution is 2.23. The highest BCUT2D eigenvalue weighted by atomic mass is 16.5. The lowest BCUT2D eigenvalue weighted by Gasteiger charge is -2.15. The van der Waals surface area contributed by atoms with Crippen molar-refractivity contribution < 1.29 is 9.32 Å². The molecule has 1 fully saturated rings. The lowest BCUT2D eigenvalue weighted by atomic mass is 10.0. The fraction of sp³-hybridized carbons (Fsp3) is 0.333. The van der Waals surface area contributed by atoms with Crippen LogP contribution in [0, 0.1) is 5.92 Å². The third-order valence-electron chi connectivity index (χ3n) is 4.53. The summed E-state index contributed by atoms with van der Waals surface area (Å²) >= 11 is 0. The summed E-state index contributed by atoms with van der Waals surface area (Å²) in [6, 6.07) is 5.37. The summed E-state index contributed by atoms with van der Waals surface area (Å²) in [7, 11) is 0. The zero-order chi connectivity index (χ0) is 17.8. The van der Waals surface area contributed by atoms with Crippen LogP contribution in [-0.2, 0) is 6.42 Å². The molecule has 0 spiro atoms. The van der Waals surface area contributed by atoms with E-state index in [9.17, 15) is 4.79 Å². The summed E-state index contributed by atoms with van der Waals surface area (Å²) in [6.07, 6.45) is 9.01. The minimum Gasteiger partial charge on any atom is -0.337 e. The monoisotopic (exact) mass is 350 g/mol. The van der Waals surface area contributed by atoms with Gasteiger partial charge in [0.2, 0.25) is 0 Å². The molecule has 0 aromatic carbocycles. The van der Waals surface area contributed by atoms with Gasteiger partial charge >= 0.3 is 0 Å². The standard InChI is InChI=1S/C18H18N6O2/c25-18(15-5-8-20-12-21-15)24-9-6-13(11-24)3-4-16-22-17(26-23-16)14-2-1-7-19-10-14/h1-2,5,7-8,10,12-13H,3-4,6,9,11H2. The summed E-state index contributed by atoms with van der Waals surface area (Å²) in [5.74, 6) is 1.57. The third-order valence-corrected chi connectivity index (χ3v) is 4.53. The van der Waals surface area contributed by atoms with E-state index in [2.05, 4.69) is 25.1 Å². The van der Waals surface area contributed by atoms with Crippen molar-refractivity contribution in [3.63, 3.8) is 0 Å². The normalized spacial score (nSPS) is 16.8. The number of rotatable bonds is 5. The van der Waals surface area contributed by atoms with Crippen LogP contribution in [0.4, 0.5) is 0 Å². The minimum atomic E-state index is -0.0340. The smallest absolute Gasteiger partial charge is 0.272 e. The van der Waals surface area contributed by atoms with Gasteiger partial charge in [-0.1, -0.05) is 5.16 Å². The van der Waals surface area contributed by atoms with Crippen molar-refractivity contribution in [1.82, 2.24) is 30.0 Å². The SMILES string of the molecule is O=C(c1ccncn1)N1CCC(CCc2noc(-c3cccnc3)n2)C1. The molecule has 3 aromatic heterocycles. The van der Waals surface area contributed by atoms with Gasteiger partial charge in [-0.3, -0.25) is 9.78 Å². The van der Waals surface area contributed by atoms with Gasteiger partial charge in [0, 0.05) is 38.1 Å². The van der Waals surface area contributed by atoms with E-state index in [1.807, 2.05) is 17.0 Å². The maximum atomic E-state index is 12.4. The summed E-state index contributed by atoms with van der Waals surface area (Å²) < 4.78 is 5.30. The molecule has 0 aliphatic carbocycles. The van der Waals surface area contributed by atoms with Crippen molar-refractivity contribution in [2.24, 2.45) is 5.92 Å². The number of nitrogens with zero attached hydrogens (tertiary/aromatic N) is 6. The lowest BCUT2D eigenvalue weighted by molar-refractivity contribution is 0.0780. The molecular formula is C18H18N6O2. The molecule has 8 heteroatoms. The lowest BCUT2D eigenvalue weighted by Crippen LogP contribution is -2.29. The molecule has 1 aliphatic heterocycles. The van der Waals surface area contributed by atoms with E-state index in [0.717, 1.165) is 37.9 Å². The number of aromatic nitrogens is 5. The number of hydrogen-bond donors (Lipinski definition) is 0. The second-order valence-electron chi connectivity index (χ2n) is 6.30. The number of aryl methyl sites for hydroxylation is 1. The Hall–Kier alpha value is -3.16. The second-order valence-corrected chi connectivity index (χ2v) is 6.30. The van der Waals surface area contributed by atoms with E-state index in [1.54, 1.807) is 24.7 Å². The number of likely N-dealkylation sites (tertiary alicyclic amines) is 1. The summed E-state index contributed by atoms with van der Waals surface area (Å²) in [6.45, 7) is 1.48. The molecular weight excluding hydrogens is 332 g/mol. The van der Waals surface area contributed by atoms with E-state index in [1.165, 1.54) is 6.33 Å². The van der Waals surface area contributed by atoms with Gasteiger partial charge in [-0.25, -0.2) is 9.97 Å². The quantitative estimate of drug-likeness (QED) is 0.694. The Morgan fingerprint density at radius 1 is 1.27 bits per heavy atom. The molecule has 1 amide bonds. The zero-order valence-electron chi connectivity index (χ0n) is 14.2. The molecule has 0 radical (unpaired) electrons. The predicted octanol–water partition coefficient (Wildman–Crippen LogP) is 2.02. The van der Waals surface area contributed by atoms with Crippen LogP contribution in [0.15, 0.2) is 47.6 Å². The molecule has 0 N–H and O–H groups in total. The van der Waals surface area contributed by atoms with E-state index < -0.39 is 0 Å². The average molecular weight is 350 g/mol. The number of carbonyl (C=O) groups is 1. The maximum Gasteiger partial charge on any atom is 0.272 e. The van der Waals surface area contributed by atoms with E-state index in [-0.39, 0.29) is 5.91 Å². The molecule has 3 aromatic rings. The Kier molecular flexibility index (Phi) is 4.63. The Morgan fingerprint density at radius 3 is 3.04 bits per heavy atom. The van der Waals surface area contributed by atoms with Crippen LogP contribution in [0.25, 0.3) is 11.5 Å². The molecule has 1 atom stereocenters. The molecule has 4 rings (SSSR count). The van der Waals surface area contributed by atoms with Crippen LogP contribution in [0.2, 0.25) is 0 Å². The zero-order valence-corrected chi connectivity index (χ0v) is 14.2. The molecule has 1 aliphatic rings. The topological polar surface area (TPSA) is 97.9 Å². The predicted molar refractivity (Wildman–Crippen MR) is 91.9 cm³/mol. The van der Waals surface area contributed by atoms with Crippen molar-refractivity contribution in [3.8, 4) is 11.5 Å². The largest absolute Gasteiger partial charge is 0.337 e. The number of pyridine rings is 1. The van der Waals surface area contributed by atoms with Crippen LogP contribution in [0.3, 0.4) is 0 Å². The van der Waals surface area contributed by atoms with Crippen LogP contribution in [0.1, 0.15) is 29.2 Å². The molecule has 0 saturated carbocycles. The first-order chi connectivity index (χ1) is 12.8. The van der Waals surface area contributed by atoms with Gasteiger partial charge in [0.05, 0.1) is 5.56 Å². The van der Waals surface area contributed by atoms with Gasteiger partial charge in [0.25, 0.3) is 11.8 Å². The fourth-order valence-corrected chi connectivity index (χ4v) is 3.13. The van der Waals surface area contributed by atoms with E-state index >= 15 is 0 Å². The number of hydrogen-bond acceptors (Lipinski definition) is 7. The Morgan fingerprint density at radius 2 is 2.23 bits per heavy atom.